The fourth-order valence-corrected chi connectivity index (χ4v) is 3.23. The lowest BCUT2D eigenvalue weighted by Crippen LogP contribution is -2.37. The standard InChI is InChI=1S/C14H24N2O2/c1-5-15-9(2)7-6-8-16-12(17)10-11(13(16)18)14(10,3)4/h9-11,15H,5-8H2,1-4H3. The third kappa shape index (κ3) is 2.07. The van der Waals surface area contributed by atoms with Crippen molar-refractivity contribution in [2.24, 2.45) is 17.3 Å². The molecule has 4 heteroatoms. The Bertz CT molecular complexity index is 341. The highest BCUT2D eigenvalue weighted by atomic mass is 16.2. The molecule has 1 N–H and O–H groups in total. The van der Waals surface area contributed by atoms with Crippen LogP contribution in [0.4, 0.5) is 0 Å². The largest absolute Gasteiger partial charge is 0.315 e. The molecular formula is C14H24N2O2. The van der Waals surface area contributed by atoms with Crippen LogP contribution in [-0.2, 0) is 9.59 Å². The fraction of sp³-hybridized carbons (Fsp3) is 0.857. The molecular weight excluding hydrogens is 228 g/mol. The molecule has 0 bridgehead atoms. The zero-order valence-corrected chi connectivity index (χ0v) is 11.8. The van der Waals surface area contributed by atoms with Crippen molar-refractivity contribution in [2.45, 2.75) is 46.6 Å². The maximum atomic E-state index is 12.1. The summed E-state index contributed by atoms with van der Waals surface area (Å²) in [5.74, 6) is 0.0598. The first-order valence-corrected chi connectivity index (χ1v) is 6.99. The molecule has 1 heterocycles. The van der Waals surface area contributed by atoms with Crippen LogP contribution < -0.4 is 5.32 Å². The number of fused-ring (bicyclic) bond motifs is 1. The van der Waals surface area contributed by atoms with Gasteiger partial charge in [0.2, 0.25) is 11.8 Å². The van der Waals surface area contributed by atoms with Gasteiger partial charge in [0.25, 0.3) is 0 Å². The van der Waals surface area contributed by atoms with Gasteiger partial charge in [-0.05, 0) is 31.7 Å². The van der Waals surface area contributed by atoms with E-state index in [0.29, 0.717) is 12.6 Å². The third-order valence-electron chi connectivity index (χ3n) is 4.46. The van der Waals surface area contributed by atoms with Crippen molar-refractivity contribution in [3.63, 3.8) is 0 Å². The predicted molar refractivity (Wildman–Crippen MR) is 69.9 cm³/mol. The Morgan fingerprint density at radius 3 is 2.33 bits per heavy atom. The van der Waals surface area contributed by atoms with E-state index >= 15 is 0 Å². The summed E-state index contributed by atoms with van der Waals surface area (Å²) in [4.78, 5) is 25.6. The maximum absolute atomic E-state index is 12.1. The highest BCUT2D eigenvalue weighted by Crippen LogP contribution is 2.63. The van der Waals surface area contributed by atoms with Gasteiger partial charge in [0.15, 0.2) is 0 Å². The SMILES string of the molecule is CCNC(C)CCCN1C(=O)C2C(C1=O)C2(C)C. The zero-order valence-electron chi connectivity index (χ0n) is 11.8. The monoisotopic (exact) mass is 252 g/mol. The summed E-state index contributed by atoms with van der Waals surface area (Å²) >= 11 is 0. The molecule has 18 heavy (non-hydrogen) atoms. The number of imide groups is 1. The van der Waals surface area contributed by atoms with E-state index in [-0.39, 0.29) is 29.1 Å². The second kappa shape index (κ2) is 4.65. The van der Waals surface area contributed by atoms with Gasteiger partial charge in [-0.1, -0.05) is 20.8 Å². The van der Waals surface area contributed by atoms with E-state index in [2.05, 4.69) is 19.2 Å². The second-order valence-corrected chi connectivity index (χ2v) is 6.21. The van der Waals surface area contributed by atoms with Crippen LogP contribution in [0.25, 0.3) is 0 Å². The average Bonchev–Trinajstić information content (AvgIpc) is 2.75. The Morgan fingerprint density at radius 2 is 1.83 bits per heavy atom. The van der Waals surface area contributed by atoms with Crippen molar-refractivity contribution in [1.29, 1.82) is 0 Å². The molecule has 0 spiro atoms. The molecule has 1 saturated carbocycles. The van der Waals surface area contributed by atoms with Crippen molar-refractivity contribution >= 4 is 11.8 Å². The maximum Gasteiger partial charge on any atom is 0.233 e. The number of carbonyl (C=O) groups excluding carboxylic acids is 2. The number of rotatable bonds is 6. The smallest absolute Gasteiger partial charge is 0.233 e. The van der Waals surface area contributed by atoms with Crippen LogP contribution in [0.2, 0.25) is 0 Å². The summed E-state index contributed by atoms with van der Waals surface area (Å²) < 4.78 is 0. The molecule has 1 saturated heterocycles. The van der Waals surface area contributed by atoms with E-state index in [1.54, 1.807) is 0 Å². The molecule has 3 unspecified atom stereocenters. The molecule has 0 aromatic rings. The quantitative estimate of drug-likeness (QED) is 0.727. The number of piperidine rings is 1. The van der Waals surface area contributed by atoms with Crippen molar-refractivity contribution in [2.75, 3.05) is 13.1 Å². The van der Waals surface area contributed by atoms with Crippen LogP contribution in [-0.4, -0.2) is 35.8 Å². The molecule has 0 radical (unpaired) electrons. The van der Waals surface area contributed by atoms with E-state index in [4.69, 9.17) is 0 Å². The first-order valence-electron chi connectivity index (χ1n) is 6.99. The van der Waals surface area contributed by atoms with Crippen molar-refractivity contribution in [1.82, 2.24) is 10.2 Å². The minimum Gasteiger partial charge on any atom is -0.315 e. The number of carbonyl (C=O) groups is 2. The van der Waals surface area contributed by atoms with Gasteiger partial charge in [-0.15, -0.1) is 0 Å². The fourth-order valence-electron chi connectivity index (χ4n) is 3.23. The van der Waals surface area contributed by atoms with Gasteiger partial charge >= 0.3 is 0 Å². The van der Waals surface area contributed by atoms with E-state index in [0.717, 1.165) is 19.4 Å². The van der Waals surface area contributed by atoms with Crippen molar-refractivity contribution in [3.8, 4) is 0 Å². The summed E-state index contributed by atoms with van der Waals surface area (Å²) in [6.45, 7) is 9.81. The summed E-state index contributed by atoms with van der Waals surface area (Å²) in [6, 6.07) is 0.453. The Balaban J connectivity index is 1.79. The predicted octanol–water partition coefficient (Wildman–Crippen LogP) is 1.41. The zero-order chi connectivity index (χ0) is 13.5. The topological polar surface area (TPSA) is 49.4 Å². The molecule has 0 aromatic carbocycles. The van der Waals surface area contributed by atoms with Crippen LogP contribution in [0.5, 0.6) is 0 Å². The molecule has 4 nitrogen and oxygen atoms in total. The molecule has 2 fully saturated rings. The summed E-state index contributed by atoms with van der Waals surface area (Å²) in [5.41, 5.74) is -0.0816. The molecule has 2 aliphatic rings. The minimum absolute atomic E-state index is 0.0313. The minimum atomic E-state index is -0.0816. The van der Waals surface area contributed by atoms with Gasteiger partial charge in [-0.25, -0.2) is 0 Å². The number of nitrogens with zero attached hydrogens (tertiary/aromatic N) is 1. The summed E-state index contributed by atoms with van der Waals surface area (Å²) in [5, 5.41) is 3.34. The Kier molecular flexibility index (Phi) is 3.49. The Morgan fingerprint density at radius 1 is 1.28 bits per heavy atom. The van der Waals surface area contributed by atoms with Gasteiger partial charge in [-0.2, -0.15) is 0 Å². The molecule has 102 valence electrons. The summed E-state index contributed by atoms with van der Waals surface area (Å²) in [7, 11) is 0. The lowest BCUT2D eigenvalue weighted by molar-refractivity contribution is -0.143. The van der Waals surface area contributed by atoms with Crippen LogP contribution in [0.15, 0.2) is 0 Å². The first kappa shape index (κ1) is 13.5. The van der Waals surface area contributed by atoms with Crippen LogP contribution in [0.3, 0.4) is 0 Å². The Labute approximate surface area is 109 Å². The van der Waals surface area contributed by atoms with Gasteiger partial charge in [0.1, 0.15) is 0 Å². The number of hydrogen-bond donors (Lipinski definition) is 1. The van der Waals surface area contributed by atoms with E-state index in [9.17, 15) is 9.59 Å². The Hall–Kier alpha value is -0.900. The van der Waals surface area contributed by atoms with E-state index < -0.39 is 0 Å². The van der Waals surface area contributed by atoms with Gasteiger partial charge in [0.05, 0.1) is 11.8 Å². The highest BCUT2D eigenvalue weighted by molar-refractivity contribution is 6.10. The van der Waals surface area contributed by atoms with E-state index in [1.165, 1.54) is 4.90 Å². The second-order valence-electron chi connectivity index (χ2n) is 6.21. The molecule has 0 aromatic heterocycles. The normalized spacial score (nSPS) is 30.6. The van der Waals surface area contributed by atoms with Crippen molar-refractivity contribution < 1.29 is 9.59 Å². The van der Waals surface area contributed by atoms with Crippen LogP contribution in [0, 0.1) is 17.3 Å². The lowest BCUT2D eigenvalue weighted by Gasteiger charge is -2.21. The number of likely N-dealkylation sites (tertiary alicyclic amines) is 1. The van der Waals surface area contributed by atoms with Gasteiger partial charge in [-0.3, -0.25) is 14.5 Å². The molecule has 1 aliphatic heterocycles. The number of nitrogens with one attached hydrogen (secondary N) is 1. The van der Waals surface area contributed by atoms with Crippen LogP contribution in [0.1, 0.15) is 40.5 Å². The highest BCUT2D eigenvalue weighted by Gasteiger charge is 2.72. The van der Waals surface area contributed by atoms with Gasteiger partial charge in [0, 0.05) is 12.6 Å². The molecule has 3 atom stereocenters. The third-order valence-corrected chi connectivity index (χ3v) is 4.46. The van der Waals surface area contributed by atoms with Crippen LogP contribution >= 0.6 is 0 Å². The molecule has 2 rings (SSSR count). The molecule has 1 aliphatic carbocycles. The number of hydrogen-bond acceptors (Lipinski definition) is 3. The average molecular weight is 252 g/mol. The molecule has 2 amide bonds. The number of amides is 2. The lowest BCUT2D eigenvalue weighted by atomic mass is 10.1. The summed E-state index contributed by atoms with van der Waals surface area (Å²) in [6.07, 6.45) is 1.90. The van der Waals surface area contributed by atoms with E-state index in [1.807, 2.05) is 13.8 Å². The first-order chi connectivity index (χ1) is 8.41. The van der Waals surface area contributed by atoms with Gasteiger partial charge < -0.3 is 5.32 Å². The van der Waals surface area contributed by atoms with Crippen molar-refractivity contribution in [3.05, 3.63) is 0 Å².